The molecule has 0 bridgehead atoms. The van der Waals surface area contributed by atoms with E-state index in [0.717, 1.165) is 17.1 Å². The van der Waals surface area contributed by atoms with Gasteiger partial charge >= 0.3 is 0 Å². The van der Waals surface area contributed by atoms with Crippen molar-refractivity contribution >= 4 is 27.5 Å². The maximum absolute atomic E-state index is 11.9. The minimum absolute atomic E-state index is 0.248. The molecule has 19 heavy (non-hydrogen) atoms. The van der Waals surface area contributed by atoms with Gasteiger partial charge in [0, 0.05) is 36.6 Å². The van der Waals surface area contributed by atoms with Crippen LogP contribution in [0, 0.1) is 0 Å². The molecule has 1 rings (SSSR count). The zero-order valence-electron chi connectivity index (χ0n) is 11.2. The van der Waals surface area contributed by atoms with E-state index >= 15 is 0 Å². The highest BCUT2D eigenvalue weighted by atomic mass is 32.2. The molecular weight excluding hydrogens is 284 g/mol. The monoisotopic (exact) mass is 304 g/mol. The molecule has 0 saturated heterocycles. The Labute approximate surface area is 119 Å². The quantitative estimate of drug-likeness (QED) is 0.434. The van der Waals surface area contributed by atoms with Gasteiger partial charge in [0.1, 0.15) is 0 Å². The normalized spacial score (nSPS) is 11.7. The van der Waals surface area contributed by atoms with Crippen LogP contribution >= 0.6 is 11.8 Å². The number of nitrogen functional groups attached to an aromatic ring is 1. The zero-order chi connectivity index (χ0) is 14.3. The highest BCUT2D eigenvalue weighted by Crippen LogP contribution is 2.28. The van der Waals surface area contributed by atoms with Crippen LogP contribution in [0.3, 0.4) is 0 Å². The van der Waals surface area contributed by atoms with Gasteiger partial charge in [-0.05, 0) is 24.6 Å². The van der Waals surface area contributed by atoms with Gasteiger partial charge in [0.15, 0.2) is 0 Å². The number of sulfonamides is 1. The predicted octanol–water partition coefficient (Wildman–Crippen LogP) is 1.70. The number of nitrogens with one attached hydrogen (secondary N) is 1. The van der Waals surface area contributed by atoms with Crippen LogP contribution in [-0.4, -0.2) is 34.4 Å². The Morgan fingerprint density at radius 3 is 2.79 bits per heavy atom. The maximum Gasteiger partial charge on any atom is 0.240 e. The Balaban J connectivity index is 2.82. The molecular formula is C12H20N2O3S2. The van der Waals surface area contributed by atoms with E-state index in [1.165, 1.54) is 17.8 Å². The fraction of sp³-hybridized carbons (Fsp3) is 0.500. The Hall–Kier alpha value is -0.760. The van der Waals surface area contributed by atoms with Crippen LogP contribution in [0.1, 0.15) is 13.3 Å². The first kappa shape index (κ1) is 16.3. The molecule has 0 aromatic heterocycles. The molecule has 0 aliphatic heterocycles. The molecule has 1 aromatic rings. The Morgan fingerprint density at radius 2 is 2.16 bits per heavy atom. The van der Waals surface area contributed by atoms with Crippen molar-refractivity contribution in [3.63, 3.8) is 0 Å². The molecule has 1 aromatic carbocycles. The topological polar surface area (TPSA) is 81.4 Å². The molecule has 0 aliphatic carbocycles. The van der Waals surface area contributed by atoms with Crippen molar-refractivity contribution in [2.75, 3.05) is 31.7 Å². The maximum atomic E-state index is 11.9. The van der Waals surface area contributed by atoms with E-state index in [-0.39, 0.29) is 4.90 Å². The summed E-state index contributed by atoms with van der Waals surface area (Å²) >= 11 is 1.54. The zero-order valence-corrected chi connectivity index (χ0v) is 12.8. The molecule has 0 spiro atoms. The Morgan fingerprint density at radius 1 is 1.42 bits per heavy atom. The van der Waals surface area contributed by atoms with Crippen LogP contribution in [0.15, 0.2) is 28.0 Å². The van der Waals surface area contributed by atoms with Crippen LogP contribution in [0.2, 0.25) is 0 Å². The number of thioether (sulfide) groups is 1. The van der Waals surface area contributed by atoms with Crippen LogP contribution < -0.4 is 10.5 Å². The second-order valence-corrected chi connectivity index (χ2v) is 6.80. The number of benzene rings is 1. The highest BCUT2D eigenvalue weighted by molar-refractivity contribution is 7.99. The summed E-state index contributed by atoms with van der Waals surface area (Å²) in [6.45, 7) is 2.79. The summed E-state index contributed by atoms with van der Waals surface area (Å²) in [5.74, 6) is 0.836. The van der Waals surface area contributed by atoms with E-state index in [1.54, 1.807) is 26.2 Å². The van der Waals surface area contributed by atoms with Gasteiger partial charge in [-0.25, -0.2) is 13.1 Å². The molecule has 0 saturated carbocycles. The van der Waals surface area contributed by atoms with E-state index < -0.39 is 10.0 Å². The highest BCUT2D eigenvalue weighted by Gasteiger charge is 2.14. The van der Waals surface area contributed by atoms with Crippen LogP contribution in [0.25, 0.3) is 0 Å². The molecule has 108 valence electrons. The van der Waals surface area contributed by atoms with E-state index in [0.29, 0.717) is 18.8 Å². The van der Waals surface area contributed by atoms with Gasteiger partial charge in [0.2, 0.25) is 10.0 Å². The summed E-state index contributed by atoms with van der Waals surface area (Å²) in [4.78, 5) is 1.04. The molecule has 0 fully saturated rings. The van der Waals surface area contributed by atoms with E-state index in [4.69, 9.17) is 10.5 Å². The van der Waals surface area contributed by atoms with E-state index in [2.05, 4.69) is 4.72 Å². The van der Waals surface area contributed by atoms with Gasteiger partial charge in [-0.15, -0.1) is 11.8 Å². The molecule has 0 amide bonds. The number of methoxy groups -OCH3 is 1. The number of anilines is 1. The molecule has 0 unspecified atom stereocenters. The van der Waals surface area contributed by atoms with Gasteiger partial charge < -0.3 is 10.5 Å². The first-order valence-electron chi connectivity index (χ1n) is 6.02. The van der Waals surface area contributed by atoms with Gasteiger partial charge in [-0.3, -0.25) is 0 Å². The van der Waals surface area contributed by atoms with Crippen molar-refractivity contribution in [1.29, 1.82) is 0 Å². The smallest absolute Gasteiger partial charge is 0.240 e. The summed E-state index contributed by atoms with van der Waals surface area (Å²) in [6.07, 6.45) is 0.894. The third-order valence-electron chi connectivity index (χ3n) is 2.38. The van der Waals surface area contributed by atoms with Crippen LogP contribution in [0.4, 0.5) is 5.69 Å². The van der Waals surface area contributed by atoms with E-state index in [9.17, 15) is 8.42 Å². The molecule has 7 heteroatoms. The Kier molecular flexibility index (Phi) is 6.64. The van der Waals surface area contributed by atoms with Crippen molar-refractivity contribution in [3.8, 4) is 0 Å². The number of hydrogen-bond acceptors (Lipinski definition) is 5. The second-order valence-electron chi connectivity index (χ2n) is 3.90. The predicted molar refractivity (Wildman–Crippen MR) is 78.9 cm³/mol. The fourth-order valence-corrected chi connectivity index (χ4v) is 3.53. The average molecular weight is 304 g/mol. The molecule has 3 N–H and O–H groups in total. The van der Waals surface area contributed by atoms with Gasteiger partial charge in [-0.2, -0.15) is 0 Å². The van der Waals surface area contributed by atoms with Crippen molar-refractivity contribution < 1.29 is 13.2 Å². The summed E-state index contributed by atoms with van der Waals surface area (Å²) < 4.78 is 31.2. The second kappa shape index (κ2) is 7.74. The third kappa shape index (κ3) is 5.02. The van der Waals surface area contributed by atoms with Crippen LogP contribution in [0.5, 0.6) is 0 Å². The summed E-state index contributed by atoms with van der Waals surface area (Å²) in [6, 6.07) is 4.76. The van der Waals surface area contributed by atoms with Crippen molar-refractivity contribution in [2.24, 2.45) is 0 Å². The largest absolute Gasteiger partial charge is 0.398 e. The summed E-state index contributed by atoms with van der Waals surface area (Å²) in [5.41, 5.74) is 6.45. The van der Waals surface area contributed by atoms with Crippen molar-refractivity contribution in [2.45, 2.75) is 23.1 Å². The lowest BCUT2D eigenvalue weighted by atomic mass is 10.3. The van der Waals surface area contributed by atoms with Gasteiger partial charge in [0.25, 0.3) is 0 Å². The lowest BCUT2D eigenvalue weighted by Crippen LogP contribution is -2.23. The van der Waals surface area contributed by atoms with Crippen LogP contribution in [-0.2, 0) is 14.8 Å². The fourth-order valence-electron chi connectivity index (χ4n) is 1.47. The average Bonchev–Trinajstić information content (AvgIpc) is 2.36. The van der Waals surface area contributed by atoms with E-state index in [1.807, 2.05) is 0 Å². The summed E-state index contributed by atoms with van der Waals surface area (Å²) in [7, 11) is -1.77. The number of ether oxygens (including phenoxy) is 1. The molecule has 5 nitrogen and oxygen atoms in total. The molecule has 0 atom stereocenters. The minimum Gasteiger partial charge on any atom is -0.398 e. The van der Waals surface area contributed by atoms with Gasteiger partial charge in [0.05, 0.1) is 4.90 Å². The first-order chi connectivity index (χ1) is 9.01. The Bertz CT molecular complexity index is 504. The molecule has 0 aliphatic rings. The first-order valence-corrected chi connectivity index (χ1v) is 8.49. The number of rotatable bonds is 8. The third-order valence-corrected chi connectivity index (χ3v) is 5.08. The molecule has 0 radical (unpaired) electrons. The summed E-state index contributed by atoms with van der Waals surface area (Å²) in [5, 5.41) is 0. The number of hydrogen-bond donors (Lipinski definition) is 2. The SMILES string of the molecule is CCNS(=O)(=O)c1ccc(N)c(SCCCOC)c1. The standard InChI is InChI=1S/C12H20N2O3S2/c1-3-14-19(15,16)10-5-6-11(13)12(9-10)18-8-4-7-17-2/h5-6,9,14H,3-4,7-8,13H2,1-2H3. The lowest BCUT2D eigenvalue weighted by Gasteiger charge is -2.09. The van der Waals surface area contributed by atoms with Gasteiger partial charge in [-0.1, -0.05) is 6.92 Å². The molecule has 0 heterocycles. The number of nitrogens with two attached hydrogens (primary N) is 1. The van der Waals surface area contributed by atoms with Crippen molar-refractivity contribution in [1.82, 2.24) is 4.72 Å². The minimum atomic E-state index is -3.43. The van der Waals surface area contributed by atoms with Crippen molar-refractivity contribution in [3.05, 3.63) is 18.2 Å². The lowest BCUT2D eigenvalue weighted by molar-refractivity contribution is 0.200.